The van der Waals surface area contributed by atoms with Gasteiger partial charge in [0.1, 0.15) is 12.4 Å². The van der Waals surface area contributed by atoms with Gasteiger partial charge in [-0.1, -0.05) is 30.3 Å². The van der Waals surface area contributed by atoms with E-state index < -0.39 is 0 Å². The van der Waals surface area contributed by atoms with Crippen LogP contribution in [0, 0.1) is 5.82 Å². The van der Waals surface area contributed by atoms with E-state index >= 15 is 0 Å². The zero-order valence-corrected chi connectivity index (χ0v) is 15.7. The van der Waals surface area contributed by atoms with Gasteiger partial charge in [0.15, 0.2) is 0 Å². The monoisotopic (exact) mass is 390 g/mol. The Hall–Kier alpha value is -1.99. The fourth-order valence-corrected chi connectivity index (χ4v) is 4.37. The minimum absolute atomic E-state index is 0.0222. The van der Waals surface area contributed by atoms with Gasteiger partial charge in [-0.15, -0.1) is 11.8 Å². The van der Waals surface area contributed by atoms with Gasteiger partial charge < -0.3 is 10.2 Å². The van der Waals surface area contributed by atoms with Crippen LogP contribution in [0.1, 0.15) is 5.56 Å². The lowest BCUT2D eigenvalue weighted by Crippen LogP contribution is -2.43. The highest BCUT2D eigenvalue weighted by Crippen LogP contribution is 2.34. The summed E-state index contributed by atoms with van der Waals surface area (Å²) in [6.07, 6.45) is 0. The Bertz CT molecular complexity index is 801. The number of thioether (sulfide) groups is 2. The number of carbonyl (C=O) groups excluding carboxylic acids is 2. The van der Waals surface area contributed by atoms with Crippen molar-refractivity contribution in [3.63, 3.8) is 0 Å². The van der Waals surface area contributed by atoms with Gasteiger partial charge in [-0.3, -0.25) is 9.59 Å². The van der Waals surface area contributed by atoms with Crippen molar-refractivity contribution in [1.82, 2.24) is 5.32 Å². The first-order chi connectivity index (χ1) is 12.6. The van der Waals surface area contributed by atoms with Crippen LogP contribution in [0.5, 0.6) is 0 Å². The first-order valence-corrected chi connectivity index (χ1v) is 10.4. The maximum atomic E-state index is 13.5. The number of nitrogens with zero attached hydrogens (tertiary/aromatic N) is 1. The number of fused-ring (bicyclic) bond motifs is 1. The van der Waals surface area contributed by atoms with E-state index in [4.69, 9.17) is 0 Å². The quantitative estimate of drug-likeness (QED) is 0.737. The molecule has 0 aromatic heterocycles. The topological polar surface area (TPSA) is 49.4 Å². The Kier molecular flexibility index (Phi) is 6.57. The van der Waals surface area contributed by atoms with Crippen molar-refractivity contribution in [2.75, 3.05) is 29.5 Å². The average molecular weight is 391 g/mol. The third-order valence-electron chi connectivity index (χ3n) is 3.89. The molecule has 0 atom stereocenters. The Morgan fingerprint density at radius 3 is 2.81 bits per heavy atom. The first-order valence-electron chi connectivity index (χ1n) is 8.25. The third-order valence-corrected chi connectivity index (χ3v) is 5.95. The van der Waals surface area contributed by atoms with Gasteiger partial charge in [-0.2, -0.15) is 11.8 Å². The zero-order chi connectivity index (χ0) is 18.4. The van der Waals surface area contributed by atoms with E-state index in [0.717, 1.165) is 10.6 Å². The second kappa shape index (κ2) is 9.09. The molecule has 136 valence electrons. The number of hydrogen-bond acceptors (Lipinski definition) is 4. The van der Waals surface area contributed by atoms with Gasteiger partial charge >= 0.3 is 0 Å². The first kappa shape index (κ1) is 18.8. The average Bonchev–Trinajstić information content (AvgIpc) is 2.65. The van der Waals surface area contributed by atoms with E-state index in [2.05, 4.69) is 5.32 Å². The van der Waals surface area contributed by atoms with E-state index in [0.29, 0.717) is 29.4 Å². The summed E-state index contributed by atoms with van der Waals surface area (Å²) in [4.78, 5) is 26.9. The van der Waals surface area contributed by atoms with Crippen molar-refractivity contribution in [2.24, 2.45) is 0 Å². The molecule has 2 amide bonds. The lowest BCUT2D eigenvalue weighted by molar-refractivity contribution is -0.122. The van der Waals surface area contributed by atoms with E-state index in [1.165, 1.54) is 22.7 Å². The van der Waals surface area contributed by atoms with Crippen LogP contribution in [0.2, 0.25) is 0 Å². The van der Waals surface area contributed by atoms with Crippen LogP contribution in [0.25, 0.3) is 0 Å². The maximum Gasteiger partial charge on any atom is 0.240 e. The van der Waals surface area contributed by atoms with Crippen LogP contribution in [0.15, 0.2) is 53.4 Å². The molecule has 2 aromatic carbocycles. The number of anilines is 1. The fraction of sp³-hybridized carbons (Fsp3) is 0.263. The molecule has 1 aliphatic rings. The summed E-state index contributed by atoms with van der Waals surface area (Å²) >= 11 is 3.05. The van der Waals surface area contributed by atoms with Gasteiger partial charge in [-0.05, 0) is 23.8 Å². The van der Waals surface area contributed by atoms with Crippen molar-refractivity contribution in [2.45, 2.75) is 10.6 Å². The van der Waals surface area contributed by atoms with Crippen LogP contribution in [-0.4, -0.2) is 36.4 Å². The molecule has 7 heteroatoms. The molecule has 0 bridgehead atoms. The summed E-state index contributed by atoms with van der Waals surface area (Å²) < 4.78 is 13.5. The molecule has 26 heavy (non-hydrogen) atoms. The highest BCUT2D eigenvalue weighted by atomic mass is 32.2. The van der Waals surface area contributed by atoms with E-state index in [1.807, 2.05) is 30.3 Å². The number of rotatable bonds is 7. The molecule has 0 saturated carbocycles. The Morgan fingerprint density at radius 2 is 1.96 bits per heavy atom. The molecule has 2 aromatic rings. The highest BCUT2D eigenvalue weighted by molar-refractivity contribution is 8.00. The molecule has 0 spiro atoms. The van der Waals surface area contributed by atoms with Gasteiger partial charge in [0, 0.05) is 22.9 Å². The lowest BCUT2D eigenvalue weighted by atomic mass is 10.2. The van der Waals surface area contributed by atoms with Gasteiger partial charge in [0.2, 0.25) is 11.8 Å². The second-order valence-corrected chi connectivity index (χ2v) is 7.85. The Balaban J connectivity index is 1.43. The maximum absolute atomic E-state index is 13.5. The van der Waals surface area contributed by atoms with E-state index in [1.54, 1.807) is 23.9 Å². The van der Waals surface area contributed by atoms with Crippen LogP contribution >= 0.6 is 23.5 Å². The van der Waals surface area contributed by atoms with Crippen molar-refractivity contribution in [1.29, 1.82) is 0 Å². The third kappa shape index (κ3) is 4.80. The molecule has 0 unspecified atom stereocenters. The van der Waals surface area contributed by atoms with E-state index in [-0.39, 0.29) is 24.2 Å². The molecule has 1 N–H and O–H groups in total. The predicted octanol–water partition coefficient (Wildman–Crippen LogP) is 3.31. The van der Waals surface area contributed by atoms with Gasteiger partial charge in [0.05, 0.1) is 11.4 Å². The molecule has 0 fully saturated rings. The van der Waals surface area contributed by atoms with E-state index in [9.17, 15) is 14.0 Å². The molecule has 3 rings (SSSR count). The summed E-state index contributed by atoms with van der Waals surface area (Å²) in [5.41, 5.74) is 1.45. The van der Waals surface area contributed by atoms with Crippen LogP contribution in [0.3, 0.4) is 0 Å². The fourth-order valence-electron chi connectivity index (χ4n) is 2.59. The standard InChI is InChI=1S/C19H19FN2O2S2/c20-15-6-2-1-5-14(15)12-25-10-9-21-18(23)11-22-16-7-3-4-8-17(16)26-13-19(22)24/h1-8H,9-13H2,(H,21,23). The number of carbonyl (C=O) groups is 2. The minimum atomic E-state index is -0.204. The molecular weight excluding hydrogens is 371 g/mol. The van der Waals surface area contributed by atoms with Crippen LogP contribution in [-0.2, 0) is 15.3 Å². The van der Waals surface area contributed by atoms with Crippen molar-refractivity contribution in [3.05, 3.63) is 59.9 Å². The minimum Gasteiger partial charge on any atom is -0.354 e. The molecule has 1 aliphatic heterocycles. The summed E-state index contributed by atoms with van der Waals surface area (Å²) in [7, 11) is 0. The highest BCUT2D eigenvalue weighted by Gasteiger charge is 2.25. The lowest BCUT2D eigenvalue weighted by Gasteiger charge is -2.28. The van der Waals surface area contributed by atoms with Crippen molar-refractivity contribution in [3.8, 4) is 0 Å². The molecule has 0 saturated heterocycles. The van der Waals surface area contributed by atoms with Gasteiger partial charge in [-0.25, -0.2) is 4.39 Å². The summed E-state index contributed by atoms with van der Waals surface area (Å²) in [6, 6.07) is 14.3. The Morgan fingerprint density at radius 1 is 1.19 bits per heavy atom. The number of para-hydroxylation sites is 1. The predicted molar refractivity (Wildman–Crippen MR) is 105 cm³/mol. The second-order valence-electron chi connectivity index (χ2n) is 5.73. The normalized spacial score (nSPS) is 13.4. The number of amides is 2. The largest absolute Gasteiger partial charge is 0.354 e. The summed E-state index contributed by atoms with van der Waals surface area (Å²) in [6.45, 7) is 0.505. The molecule has 4 nitrogen and oxygen atoms in total. The number of halogens is 1. The number of benzene rings is 2. The summed E-state index contributed by atoms with van der Waals surface area (Å²) in [5, 5.41) is 2.83. The zero-order valence-electron chi connectivity index (χ0n) is 14.1. The molecule has 0 aliphatic carbocycles. The number of nitrogens with one attached hydrogen (secondary N) is 1. The molecule has 1 heterocycles. The Labute approximate surface area is 160 Å². The SMILES string of the molecule is O=C(CN1C(=O)CSc2ccccc21)NCCSCc1ccccc1F. The smallest absolute Gasteiger partial charge is 0.240 e. The molecular formula is C19H19FN2O2S2. The van der Waals surface area contributed by atoms with Crippen LogP contribution < -0.4 is 10.2 Å². The van der Waals surface area contributed by atoms with Gasteiger partial charge in [0.25, 0.3) is 0 Å². The summed E-state index contributed by atoms with van der Waals surface area (Å²) in [5.74, 6) is 1.15. The number of hydrogen-bond donors (Lipinski definition) is 1. The van der Waals surface area contributed by atoms with Crippen molar-refractivity contribution >= 4 is 41.0 Å². The van der Waals surface area contributed by atoms with Crippen molar-refractivity contribution < 1.29 is 14.0 Å². The van der Waals surface area contributed by atoms with Crippen LogP contribution in [0.4, 0.5) is 10.1 Å². The molecule has 0 radical (unpaired) electrons.